The number of hydrogen-bond donors (Lipinski definition) is 2. The van der Waals surface area contributed by atoms with Crippen LogP contribution in [0.4, 0.5) is 28.4 Å². The molecule has 3 aromatic rings. The summed E-state index contributed by atoms with van der Waals surface area (Å²) in [6, 6.07) is 12.8. The van der Waals surface area contributed by atoms with Crippen molar-refractivity contribution >= 4 is 28.4 Å². The summed E-state index contributed by atoms with van der Waals surface area (Å²) in [7, 11) is 0. The maximum Gasteiger partial charge on any atom is 0.307 e. The van der Waals surface area contributed by atoms with Gasteiger partial charge in [0, 0.05) is 5.69 Å². The Morgan fingerprint density at radius 1 is 0.935 bits per heavy atom. The van der Waals surface area contributed by atoms with E-state index in [-0.39, 0.29) is 22.5 Å². The first-order chi connectivity index (χ1) is 14.6. The van der Waals surface area contributed by atoms with Crippen LogP contribution in [0.15, 0.2) is 42.5 Å². The Morgan fingerprint density at radius 2 is 1.48 bits per heavy atom. The predicted octanol–water partition coefficient (Wildman–Crippen LogP) is 5.29. The molecule has 0 atom stereocenters. The number of anilines is 3. The molecular formula is C22H19N5O4. The number of nitro groups is 2. The normalized spacial score (nSPS) is 10.4. The lowest BCUT2D eigenvalue weighted by Gasteiger charge is -2.16. The van der Waals surface area contributed by atoms with Gasteiger partial charge in [-0.2, -0.15) is 5.26 Å². The van der Waals surface area contributed by atoms with Crippen LogP contribution in [0.25, 0.3) is 11.1 Å². The zero-order valence-electron chi connectivity index (χ0n) is 17.1. The molecule has 0 amide bonds. The molecule has 31 heavy (non-hydrogen) atoms. The van der Waals surface area contributed by atoms with Gasteiger partial charge < -0.3 is 11.1 Å². The Balaban J connectivity index is 2.34. The molecule has 9 nitrogen and oxygen atoms in total. The average Bonchev–Trinajstić information content (AvgIpc) is 2.69. The van der Waals surface area contributed by atoms with Gasteiger partial charge in [-0.05, 0) is 55.7 Å². The zero-order chi connectivity index (χ0) is 22.9. The predicted molar refractivity (Wildman–Crippen MR) is 118 cm³/mol. The first-order valence-corrected chi connectivity index (χ1v) is 9.24. The van der Waals surface area contributed by atoms with Gasteiger partial charge in [-0.1, -0.05) is 29.8 Å². The molecule has 0 aromatic heterocycles. The van der Waals surface area contributed by atoms with Gasteiger partial charge in [0.15, 0.2) is 0 Å². The van der Waals surface area contributed by atoms with Crippen molar-refractivity contribution in [2.75, 3.05) is 11.1 Å². The van der Waals surface area contributed by atoms with E-state index < -0.39 is 21.2 Å². The number of nitrogens with one attached hydrogen (secondary N) is 1. The van der Waals surface area contributed by atoms with Gasteiger partial charge >= 0.3 is 11.4 Å². The minimum atomic E-state index is -0.734. The molecule has 0 fully saturated rings. The Bertz CT molecular complexity index is 1240. The highest BCUT2D eigenvalue weighted by Crippen LogP contribution is 2.47. The smallest absolute Gasteiger partial charge is 0.307 e. The number of nitrogens with zero attached hydrogens (tertiary/aromatic N) is 3. The van der Waals surface area contributed by atoms with Gasteiger partial charge in [-0.15, -0.1) is 0 Å². The lowest BCUT2D eigenvalue weighted by Crippen LogP contribution is -2.07. The number of rotatable bonds is 5. The third kappa shape index (κ3) is 4.00. The quantitative estimate of drug-likeness (QED) is 0.325. The van der Waals surface area contributed by atoms with Gasteiger partial charge in [0.2, 0.25) is 0 Å². The van der Waals surface area contributed by atoms with Crippen LogP contribution in [0.3, 0.4) is 0 Å². The average molecular weight is 417 g/mol. The molecule has 0 saturated carbocycles. The van der Waals surface area contributed by atoms with Crippen molar-refractivity contribution < 1.29 is 9.85 Å². The van der Waals surface area contributed by atoms with Gasteiger partial charge in [0.05, 0.1) is 21.5 Å². The maximum absolute atomic E-state index is 12.1. The molecule has 0 heterocycles. The molecule has 0 aliphatic carbocycles. The number of nitriles is 1. The number of nitrogens with two attached hydrogens (primary N) is 1. The fraction of sp³-hybridized carbons (Fsp3) is 0.136. The van der Waals surface area contributed by atoms with Crippen molar-refractivity contribution in [1.82, 2.24) is 0 Å². The summed E-state index contributed by atoms with van der Waals surface area (Å²) in [5.41, 5.74) is 8.54. The van der Waals surface area contributed by atoms with Gasteiger partial charge in [-0.3, -0.25) is 20.2 Å². The summed E-state index contributed by atoms with van der Waals surface area (Å²) in [5, 5.41) is 35.9. The minimum absolute atomic E-state index is 0.0440. The van der Waals surface area contributed by atoms with Crippen molar-refractivity contribution in [3.63, 3.8) is 0 Å². The van der Waals surface area contributed by atoms with E-state index >= 15 is 0 Å². The van der Waals surface area contributed by atoms with E-state index in [4.69, 9.17) is 11.0 Å². The van der Waals surface area contributed by atoms with E-state index in [9.17, 15) is 20.2 Å². The van der Waals surface area contributed by atoms with E-state index in [1.807, 2.05) is 39.0 Å². The molecule has 156 valence electrons. The number of nitro benzene ring substituents is 2. The Kier molecular flexibility index (Phi) is 5.57. The highest BCUT2D eigenvalue weighted by Gasteiger charge is 2.33. The minimum Gasteiger partial charge on any atom is -0.393 e. The SMILES string of the molecule is Cc1cc(C)c(Nc2cc(N)c([N+](=O)[O-])c(-c3ccc(C#N)cc3)c2[N+](=O)[O-])c(C)c1. The maximum atomic E-state index is 12.1. The summed E-state index contributed by atoms with van der Waals surface area (Å²) in [6.07, 6.45) is 0. The summed E-state index contributed by atoms with van der Waals surface area (Å²) in [5.74, 6) is 0. The fourth-order valence-electron chi connectivity index (χ4n) is 3.66. The molecule has 0 unspecified atom stereocenters. The second kappa shape index (κ2) is 8.12. The molecule has 0 radical (unpaired) electrons. The summed E-state index contributed by atoms with van der Waals surface area (Å²) in [4.78, 5) is 22.4. The van der Waals surface area contributed by atoms with Crippen molar-refractivity contribution in [3.8, 4) is 17.2 Å². The molecule has 0 aliphatic rings. The van der Waals surface area contributed by atoms with Gasteiger partial charge in [0.25, 0.3) is 0 Å². The van der Waals surface area contributed by atoms with Crippen LogP contribution in [-0.4, -0.2) is 9.85 Å². The highest BCUT2D eigenvalue weighted by atomic mass is 16.6. The van der Waals surface area contributed by atoms with Crippen LogP contribution in [0.2, 0.25) is 0 Å². The summed E-state index contributed by atoms with van der Waals surface area (Å²) < 4.78 is 0. The number of benzene rings is 3. The summed E-state index contributed by atoms with van der Waals surface area (Å²) in [6.45, 7) is 5.67. The van der Waals surface area contributed by atoms with E-state index in [1.165, 1.54) is 30.3 Å². The van der Waals surface area contributed by atoms with Gasteiger partial charge in [-0.25, -0.2) is 0 Å². The van der Waals surface area contributed by atoms with Crippen molar-refractivity contribution in [1.29, 1.82) is 5.26 Å². The Hall–Kier alpha value is -4.45. The molecule has 3 aromatic carbocycles. The first kappa shape index (κ1) is 21.3. The molecule has 9 heteroatoms. The van der Waals surface area contributed by atoms with Crippen LogP contribution < -0.4 is 11.1 Å². The highest BCUT2D eigenvalue weighted by molar-refractivity contribution is 5.96. The van der Waals surface area contributed by atoms with Crippen LogP contribution in [0.1, 0.15) is 22.3 Å². The molecule has 3 rings (SSSR count). The van der Waals surface area contributed by atoms with Crippen LogP contribution in [-0.2, 0) is 0 Å². The molecule has 3 N–H and O–H groups in total. The van der Waals surface area contributed by atoms with E-state index in [2.05, 4.69) is 5.32 Å². The second-order valence-corrected chi connectivity index (χ2v) is 7.19. The second-order valence-electron chi connectivity index (χ2n) is 7.19. The standard InChI is InChI=1S/C22H19N5O4/c1-12-8-13(2)20(14(3)9-12)25-18-10-17(24)21(26(28)29)19(22(18)27(30)31)16-6-4-15(11-23)5-7-16/h4-10,25H,24H2,1-3H3. The number of nitrogen functional groups attached to an aromatic ring is 1. The number of aryl methyl sites for hydroxylation is 3. The van der Waals surface area contributed by atoms with E-state index in [0.717, 1.165) is 16.7 Å². The van der Waals surface area contributed by atoms with E-state index in [0.29, 0.717) is 11.3 Å². The third-order valence-corrected chi connectivity index (χ3v) is 4.91. The third-order valence-electron chi connectivity index (χ3n) is 4.91. The lowest BCUT2D eigenvalue weighted by atomic mass is 9.97. The topological polar surface area (TPSA) is 148 Å². The largest absolute Gasteiger partial charge is 0.393 e. The van der Waals surface area contributed by atoms with Crippen LogP contribution >= 0.6 is 0 Å². The summed E-state index contributed by atoms with van der Waals surface area (Å²) >= 11 is 0. The molecule has 0 saturated heterocycles. The Labute approximate surface area is 178 Å². The van der Waals surface area contributed by atoms with Crippen molar-refractivity contribution in [2.45, 2.75) is 20.8 Å². The molecule has 0 aliphatic heterocycles. The van der Waals surface area contributed by atoms with Crippen molar-refractivity contribution in [2.24, 2.45) is 0 Å². The van der Waals surface area contributed by atoms with Crippen LogP contribution in [0, 0.1) is 52.3 Å². The molecule has 0 spiro atoms. The number of hydrogen-bond acceptors (Lipinski definition) is 7. The van der Waals surface area contributed by atoms with Gasteiger partial charge in [0.1, 0.15) is 16.9 Å². The van der Waals surface area contributed by atoms with Crippen LogP contribution in [0.5, 0.6) is 0 Å². The zero-order valence-corrected chi connectivity index (χ0v) is 17.1. The molecular weight excluding hydrogens is 398 g/mol. The van der Waals surface area contributed by atoms with E-state index in [1.54, 1.807) is 0 Å². The first-order valence-electron chi connectivity index (χ1n) is 9.24. The lowest BCUT2D eigenvalue weighted by molar-refractivity contribution is -0.391. The Morgan fingerprint density at radius 3 is 1.97 bits per heavy atom. The van der Waals surface area contributed by atoms with Crippen molar-refractivity contribution in [3.05, 3.63) is 84.9 Å². The fourth-order valence-corrected chi connectivity index (χ4v) is 3.66. The molecule has 0 bridgehead atoms. The monoisotopic (exact) mass is 417 g/mol.